The molecule has 3 aromatic rings. The molecule has 32 heavy (non-hydrogen) atoms. The maximum atomic E-state index is 13.4. The van der Waals surface area contributed by atoms with Gasteiger partial charge in [-0.3, -0.25) is 14.2 Å². The Bertz CT molecular complexity index is 1100. The van der Waals surface area contributed by atoms with E-state index in [4.69, 9.17) is 4.98 Å². The second kappa shape index (κ2) is 11.8. The third kappa shape index (κ3) is 6.66. The van der Waals surface area contributed by atoms with E-state index in [2.05, 4.69) is 19.2 Å². The molecular weight excluding hydrogens is 425 g/mol. The average Bonchev–Trinajstić information content (AvgIpc) is 2.77. The zero-order valence-corrected chi connectivity index (χ0v) is 19.5. The van der Waals surface area contributed by atoms with Crippen LogP contribution in [0.1, 0.15) is 46.0 Å². The first-order chi connectivity index (χ1) is 15.5. The van der Waals surface area contributed by atoms with Crippen molar-refractivity contribution in [2.45, 2.75) is 51.1 Å². The summed E-state index contributed by atoms with van der Waals surface area (Å²) in [7, 11) is 0. The molecule has 0 aliphatic heterocycles. The fourth-order valence-electron chi connectivity index (χ4n) is 3.34. The number of rotatable bonds is 11. The lowest BCUT2D eigenvalue weighted by molar-refractivity contribution is -0.121. The minimum absolute atomic E-state index is 0.111. The zero-order valence-electron chi connectivity index (χ0n) is 18.6. The summed E-state index contributed by atoms with van der Waals surface area (Å²) in [4.78, 5) is 29.7. The van der Waals surface area contributed by atoms with Crippen LogP contribution in [0.4, 0.5) is 4.39 Å². The number of amides is 1. The minimum atomic E-state index is -0.349. The van der Waals surface area contributed by atoms with Crippen molar-refractivity contribution >= 4 is 28.6 Å². The molecular formula is C25H30FN3O2S. The van der Waals surface area contributed by atoms with E-state index in [9.17, 15) is 14.0 Å². The Morgan fingerprint density at radius 2 is 1.84 bits per heavy atom. The Morgan fingerprint density at radius 3 is 2.59 bits per heavy atom. The molecule has 0 aliphatic rings. The summed E-state index contributed by atoms with van der Waals surface area (Å²) in [6.07, 6.45) is 4.22. The number of hydrogen-bond donors (Lipinski definition) is 1. The van der Waals surface area contributed by atoms with E-state index < -0.39 is 0 Å². The Hall–Kier alpha value is -2.67. The molecule has 0 aliphatic carbocycles. The molecule has 0 spiro atoms. The lowest BCUT2D eigenvalue weighted by Gasteiger charge is -2.13. The SMILES string of the molecule is CC(C)CCNC(=O)CCCCCSc1nc2ccccc2c(=O)n1-c1ccc(F)cc1. The monoisotopic (exact) mass is 455 g/mol. The molecule has 1 amide bonds. The lowest BCUT2D eigenvalue weighted by Crippen LogP contribution is -2.24. The first-order valence-corrected chi connectivity index (χ1v) is 12.1. The predicted octanol–water partition coefficient (Wildman–Crippen LogP) is 5.34. The van der Waals surface area contributed by atoms with Gasteiger partial charge in [-0.1, -0.05) is 44.2 Å². The number of thioether (sulfide) groups is 1. The van der Waals surface area contributed by atoms with Crippen LogP contribution in [0.2, 0.25) is 0 Å². The number of unbranched alkanes of at least 4 members (excludes halogenated alkanes) is 2. The fourth-order valence-corrected chi connectivity index (χ4v) is 4.35. The molecule has 1 heterocycles. The van der Waals surface area contributed by atoms with Crippen LogP contribution in [0.15, 0.2) is 58.5 Å². The largest absolute Gasteiger partial charge is 0.356 e. The average molecular weight is 456 g/mol. The molecule has 7 heteroatoms. The number of aromatic nitrogens is 2. The summed E-state index contributed by atoms with van der Waals surface area (Å²) >= 11 is 1.51. The number of hydrogen-bond acceptors (Lipinski definition) is 4. The summed E-state index contributed by atoms with van der Waals surface area (Å²) in [5.74, 6) is 1.13. The van der Waals surface area contributed by atoms with Crippen molar-refractivity contribution in [3.05, 3.63) is 64.7 Å². The predicted molar refractivity (Wildman–Crippen MR) is 129 cm³/mol. The maximum Gasteiger partial charge on any atom is 0.266 e. The highest BCUT2D eigenvalue weighted by atomic mass is 32.2. The van der Waals surface area contributed by atoms with E-state index in [1.54, 1.807) is 22.8 Å². The quantitative estimate of drug-likeness (QED) is 0.241. The zero-order chi connectivity index (χ0) is 22.9. The summed E-state index contributed by atoms with van der Waals surface area (Å²) in [5, 5.41) is 4.09. The van der Waals surface area contributed by atoms with Gasteiger partial charge in [0.1, 0.15) is 5.82 Å². The number of carbonyl (C=O) groups excluding carboxylic acids is 1. The number of benzene rings is 2. The first-order valence-electron chi connectivity index (χ1n) is 11.1. The number of carbonyl (C=O) groups is 1. The van der Waals surface area contributed by atoms with Crippen molar-refractivity contribution in [1.29, 1.82) is 0 Å². The highest BCUT2D eigenvalue weighted by Crippen LogP contribution is 2.23. The molecule has 0 radical (unpaired) electrons. The Morgan fingerprint density at radius 1 is 1.09 bits per heavy atom. The fraction of sp³-hybridized carbons (Fsp3) is 0.400. The number of para-hydroxylation sites is 1. The van der Waals surface area contributed by atoms with Crippen molar-refractivity contribution in [1.82, 2.24) is 14.9 Å². The third-order valence-electron chi connectivity index (χ3n) is 5.15. The van der Waals surface area contributed by atoms with E-state index in [1.807, 2.05) is 18.2 Å². The van der Waals surface area contributed by atoms with Gasteiger partial charge in [-0.15, -0.1) is 0 Å². The van der Waals surface area contributed by atoms with Crippen LogP contribution in [0.3, 0.4) is 0 Å². The molecule has 3 rings (SSSR count). The maximum absolute atomic E-state index is 13.4. The third-order valence-corrected chi connectivity index (χ3v) is 6.18. The van der Waals surface area contributed by atoms with Crippen molar-refractivity contribution in [2.75, 3.05) is 12.3 Å². The second-order valence-electron chi connectivity index (χ2n) is 8.22. The van der Waals surface area contributed by atoms with Crippen molar-refractivity contribution < 1.29 is 9.18 Å². The first kappa shape index (κ1) is 24.0. The van der Waals surface area contributed by atoms with E-state index in [0.29, 0.717) is 34.1 Å². The Kier molecular flexibility index (Phi) is 8.85. The van der Waals surface area contributed by atoms with Gasteiger partial charge in [0.15, 0.2) is 5.16 Å². The number of nitrogens with zero attached hydrogens (tertiary/aromatic N) is 2. The Labute approximate surface area is 192 Å². The molecule has 1 aromatic heterocycles. The molecule has 170 valence electrons. The summed E-state index contributed by atoms with van der Waals surface area (Å²) < 4.78 is 15.0. The van der Waals surface area contributed by atoms with E-state index in [1.165, 1.54) is 23.9 Å². The summed E-state index contributed by atoms with van der Waals surface area (Å²) in [5.41, 5.74) is 1.08. The standard InChI is InChI=1S/C25H30FN3O2S/c1-18(2)15-16-27-23(30)10-4-3-7-17-32-25-28-22-9-6-5-8-21(22)24(31)29(25)20-13-11-19(26)12-14-20/h5-6,8-9,11-14,18H,3-4,7,10,15-17H2,1-2H3,(H,27,30). The van der Waals surface area contributed by atoms with Crippen LogP contribution in [-0.4, -0.2) is 27.8 Å². The molecule has 0 bridgehead atoms. The van der Waals surface area contributed by atoms with Gasteiger partial charge in [0.25, 0.3) is 5.56 Å². The van der Waals surface area contributed by atoms with Crippen molar-refractivity contribution in [3.8, 4) is 5.69 Å². The van der Waals surface area contributed by atoms with Crippen molar-refractivity contribution in [3.63, 3.8) is 0 Å². The van der Waals surface area contributed by atoms with E-state index in [-0.39, 0.29) is 17.3 Å². The van der Waals surface area contributed by atoms with Gasteiger partial charge in [0.05, 0.1) is 16.6 Å². The number of nitrogens with one attached hydrogen (secondary N) is 1. The van der Waals surface area contributed by atoms with Gasteiger partial charge in [0, 0.05) is 18.7 Å². The van der Waals surface area contributed by atoms with Crippen molar-refractivity contribution in [2.24, 2.45) is 5.92 Å². The molecule has 0 fully saturated rings. The highest BCUT2D eigenvalue weighted by Gasteiger charge is 2.13. The molecule has 5 nitrogen and oxygen atoms in total. The lowest BCUT2D eigenvalue weighted by atomic mass is 10.1. The molecule has 0 unspecified atom stereocenters. The van der Waals surface area contributed by atoms with Crippen LogP contribution in [0, 0.1) is 11.7 Å². The molecule has 0 saturated carbocycles. The summed E-state index contributed by atoms with van der Waals surface area (Å²) in [6, 6.07) is 13.1. The van der Waals surface area contributed by atoms with E-state index >= 15 is 0 Å². The Balaban J connectivity index is 1.61. The molecule has 2 aromatic carbocycles. The number of halogens is 1. The molecule has 0 saturated heterocycles. The molecule has 1 N–H and O–H groups in total. The highest BCUT2D eigenvalue weighted by molar-refractivity contribution is 7.99. The van der Waals surface area contributed by atoms with Gasteiger partial charge in [-0.05, 0) is 61.6 Å². The van der Waals surface area contributed by atoms with E-state index in [0.717, 1.165) is 38.0 Å². The van der Waals surface area contributed by atoms with Gasteiger partial charge in [0.2, 0.25) is 5.91 Å². The van der Waals surface area contributed by atoms with Crippen LogP contribution < -0.4 is 10.9 Å². The summed E-state index contributed by atoms with van der Waals surface area (Å²) in [6.45, 7) is 5.02. The van der Waals surface area contributed by atoms with Gasteiger partial charge < -0.3 is 5.32 Å². The number of fused-ring (bicyclic) bond motifs is 1. The van der Waals surface area contributed by atoms with Gasteiger partial charge in [-0.2, -0.15) is 0 Å². The van der Waals surface area contributed by atoms with Crippen LogP contribution in [0.25, 0.3) is 16.6 Å². The second-order valence-corrected chi connectivity index (χ2v) is 9.28. The van der Waals surface area contributed by atoms with Gasteiger partial charge in [-0.25, -0.2) is 9.37 Å². The van der Waals surface area contributed by atoms with Gasteiger partial charge >= 0.3 is 0 Å². The van der Waals surface area contributed by atoms with Crippen LogP contribution in [-0.2, 0) is 4.79 Å². The van der Waals surface area contributed by atoms with Crippen LogP contribution in [0.5, 0.6) is 0 Å². The molecule has 0 atom stereocenters. The smallest absolute Gasteiger partial charge is 0.266 e. The normalized spacial score (nSPS) is 11.2. The minimum Gasteiger partial charge on any atom is -0.356 e. The van der Waals surface area contributed by atoms with Crippen LogP contribution >= 0.6 is 11.8 Å². The topological polar surface area (TPSA) is 64.0 Å².